The number of nitrogens with one attached hydrogen (secondary N) is 1. The third-order valence-electron chi connectivity index (χ3n) is 1.33. The zero-order valence-corrected chi connectivity index (χ0v) is 8.84. The van der Waals surface area contributed by atoms with Crippen molar-refractivity contribution in [2.75, 3.05) is 29.9 Å². The number of thioether (sulfide) groups is 1. The van der Waals surface area contributed by atoms with Crippen LogP contribution in [0.1, 0.15) is 6.92 Å². The Bertz CT molecular complexity index is 292. The number of nitrogen functional groups attached to an aromatic ring is 1. The third kappa shape index (κ3) is 3.35. The molecule has 5 N–H and O–H groups in total. The molecule has 0 spiro atoms. The van der Waals surface area contributed by atoms with Gasteiger partial charge < -0.3 is 16.8 Å². The summed E-state index contributed by atoms with van der Waals surface area (Å²) >= 11 is 1.52. The van der Waals surface area contributed by atoms with E-state index >= 15 is 0 Å². The summed E-state index contributed by atoms with van der Waals surface area (Å²) in [5.41, 5.74) is 10.9. The smallest absolute Gasteiger partial charge is 0.228 e. The largest absolute Gasteiger partial charge is 0.368 e. The Morgan fingerprint density at radius 1 is 1.36 bits per heavy atom. The maximum absolute atomic E-state index is 5.51. The summed E-state index contributed by atoms with van der Waals surface area (Å²) in [6.07, 6.45) is 0. The molecular weight excluding hydrogens is 200 g/mol. The van der Waals surface area contributed by atoms with E-state index in [1.165, 1.54) is 11.8 Å². The lowest BCUT2D eigenvalue weighted by molar-refractivity contribution is 0.898. The number of nitrogens with two attached hydrogens (primary N) is 2. The van der Waals surface area contributed by atoms with Crippen molar-refractivity contribution >= 4 is 23.7 Å². The molecule has 0 atom stereocenters. The van der Waals surface area contributed by atoms with Crippen molar-refractivity contribution in [2.45, 2.75) is 12.1 Å². The van der Waals surface area contributed by atoms with Crippen LogP contribution in [0.3, 0.4) is 0 Å². The lowest BCUT2D eigenvalue weighted by Gasteiger charge is -2.04. The van der Waals surface area contributed by atoms with Crippen LogP contribution in [0.15, 0.2) is 5.16 Å². The molecule has 0 unspecified atom stereocenters. The van der Waals surface area contributed by atoms with Gasteiger partial charge in [-0.3, -0.25) is 0 Å². The van der Waals surface area contributed by atoms with Crippen molar-refractivity contribution in [1.29, 1.82) is 0 Å². The fourth-order valence-electron chi connectivity index (χ4n) is 0.829. The maximum atomic E-state index is 5.51. The van der Waals surface area contributed by atoms with E-state index in [4.69, 9.17) is 11.5 Å². The Balaban J connectivity index is 2.73. The predicted molar refractivity (Wildman–Crippen MR) is 58.2 cm³/mol. The molecule has 0 fully saturated rings. The second-order valence-electron chi connectivity index (χ2n) is 2.45. The minimum Gasteiger partial charge on any atom is -0.368 e. The van der Waals surface area contributed by atoms with Gasteiger partial charge in [-0.15, -0.1) is 0 Å². The molecule has 0 radical (unpaired) electrons. The molecular formula is C7H14N6S. The van der Waals surface area contributed by atoms with Crippen molar-refractivity contribution in [3.63, 3.8) is 0 Å². The van der Waals surface area contributed by atoms with Gasteiger partial charge in [-0.25, -0.2) is 0 Å². The molecule has 1 aromatic rings. The standard InChI is InChI=1S/C7H14N6S/c1-2-14-7-12-5(9)11-6(13-7)10-4-3-8/h2-4,8H2,1H3,(H3,9,10,11,12,13). The van der Waals surface area contributed by atoms with Gasteiger partial charge in [-0.05, 0) is 5.75 Å². The first-order valence-electron chi connectivity index (χ1n) is 4.34. The summed E-state index contributed by atoms with van der Waals surface area (Å²) in [6, 6.07) is 0. The predicted octanol–water partition coefficient (Wildman–Crippen LogP) is -0.0636. The van der Waals surface area contributed by atoms with Crippen LogP contribution >= 0.6 is 11.8 Å². The number of nitrogens with zero attached hydrogens (tertiary/aromatic N) is 3. The van der Waals surface area contributed by atoms with Crippen molar-refractivity contribution in [3.05, 3.63) is 0 Å². The fraction of sp³-hybridized carbons (Fsp3) is 0.571. The van der Waals surface area contributed by atoms with E-state index in [0.29, 0.717) is 24.2 Å². The topological polar surface area (TPSA) is 103 Å². The highest BCUT2D eigenvalue weighted by molar-refractivity contribution is 7.99. The van der Waals surface area contributed by atoms with Gasteiger partial charge >= 0.3 is 0 Å². The monoisotopic (exact) mass is 214 g/mol. The van der Waals surface area contributed by atoms with Gasteiger partial charge in [0.15, 0.2) is 5.16 Å². The van der Waals surface area contributed by atoms with Crippen LogP contribution in [0.25, 0.3) is 0 Å². The molecule has 78 valence electrons. The first-order valence-corrected chi connectivity index (χ1v) is 5.33. The van der Waals surface area contributed by atoms with Gasteiger partial charge in [0.25, 0.3) is 0 Å². The molecule has 6 nitrogen and oxygen atoms in total. The van der Waals surface area contributed by atoms with Crippen molar-refractivity contribution < 1.29 is 0 Å². The molecule has 0 aliphatic rings. The van der Waals surface area contributed by atoms with Gasteiger partial charge in [0.1, 0.15) is 0 Å². The molecule has 0 bridgehead atoms. The molecule has 0 aliphatic heterocycles. The molecule has 0 amide bonds. The lowest BCUT2D eigenvalue weighted by atomic mass is 10.6. The Kier molecular flexibility index (Phi) is 4.41. The van der Waals surface area contributed by atoms with Gasteiger partial charge in [0.05, 0.1) is 0 Å². The molecule has 0 aliphatic carbocycles. The summed E-state index contributed by atoms with van der Waals surface area (Å²) < 4.78 is 0. The van der Waals surface area contributed by atoms with Crippen LogP contribution in [-0.4, -0.2) is 33.8 Å². The zero-order chi connectivity index (χ0) is 10.4. The summed E-state index contributed by atoms with van der Waals surface area (Å²) in [5, 5.41) is 3.59. The van der Waals surface area contributed by atoms with Crippen LogP contribution < -0.4 is 16.8 Å². The fourth-order valence-corrected chi connectivity index (χ4v) is 1.40. The van der Waals surface area contributed by atoms with Gasteiger partial charge in [0.2, 0.25) is 11.9 Å². The maximum Gasteiger partial charge on any atom is 0.228 e. The van der Waals surface area contributed by atoms with E-state index in [0.717, 1.165) is 5.75 Å². The van der Waals surface area contributed by atoms with Crippen LogP contribution in [0, 0.1) is 0 Å². The van der Waals surface area contributed by atoms with Gasteiger partial charge in [-0.1, -0.05) is 18.7 Å². The second kappa shape index (κ2) is 5.61. The number of aromatic nitrogens is 3. The Labute approximate surface area is 86.9 Å². The summed E-state index contributed by atoms with van der Waals surface area (Å²) in [6.45, 7) is 3.18. The van der Waals surface area contributed by atoms with E-state index in [9.17, 15) is 0 Å². The third-order valence-corrected chi connectivity index (χ3v) is 2.06. The number of hydrogen-bond donors (Lipinski definition) is 3. The van der Waals surface area contributed by atoms with Crippen LogP contribution in [0.4, 0.5) is 11.9 Å². The Morgan fingerprint density at radius 2 is 2.14 bits per heavy atom. The Morgan fingerprint density at radius 3 is 2.79 bits per heavy atom. The number of rotatable bonds is 5. The van der Waals surface area contributed by atoms with Crippen molar-refractivity contribution in [2.24, 2.45) is 5.73 Å². The van der Waals surface area contributed by atoms with Crippen LogP contribution in [0.5, 0.6) is 0 Å². The normalized spacial score (nSPS) is 10.1. The van der Waals surface area contributed by atoms with Gasteiger partial charge in [0, 0.05) is 13.1 Å². The highest BCUT2D eigenvalue weighted by Crippen LogP contribution is 2.14. The van der Waals surface area contributed by atoms with Crippen molar-refractivity contribution in [3.8, 4) is 0 Å². The average molecular weight is 214 g/mol. The quantitative estimate of drug-likeness (QED) is 0.590. The van der Waals surface area contributed by atoms with E-state index in [2.05, 4.69) is 20.3 Å². The lowest BCUT2D eigenvalue weighted by Crippen LogP contribution is -2.16. The SMILES string of the molecule is CCSc1nc(N)nc(NCCN)n1. The average Bonchev–Trinajstić information content (AvgIpc) is 2.14. The molecule has 1 heterocycles. The van der Waals surface area contributed by atoms with Crippen LogP contribution in [0.2, 0.25) is 0 Å². The van der Waals surface area contributed by atoms with E-state index in [-0.39, 0.29) is 5.95 Å². The molecule has 0 saturated carbocycles. The highest BCUT2D eigenvalue weighted by Gasteiger charge is 2.02. The minimum atomic E-state index is 0.232. The first kappa shape index (κ1) is 11.0. The first-order chi connectivity index (χ1) is 6.76. The molecule has 1 rings (SSSR count). The van der Waals surface area contributed by atoms with Crippen LogP contribution in [-0.2, 0) is 0 Å². The summed E-state index contributed by atoms with van der Waals surface area (Å²) in [5.74, 6) is 1.62. The molecule has 14 heavy (non-hydrogen) atoms. The summed E-state index contributed by atoms with van der Waals surface area (Å²) in [7, 11) is 0. The molecule has 1 aromatic heterocycles. The highest BCUT2D eigenvalue weighted by atomic mass is 32.2. The second-order valence-corrected chi connectivity index (χ2v) is 3.68. The molecule has 7 heteroatoms. The van der Waals surface area contributed by atoms with E-state index in [1.54, 1.807) is 0 Å². The van der Waals surface area contributed by atoms with E-state index < -0.39 is 0 Å². The van der Waals surface area contributed by atoms with E-state index in [1.807, 2.05) is 6.92 Å². The molecule has 0 saturated heterocycles. The number of anilines is 2. The summed E-state index contributed by atoms with van der Waals surface area (Å²) in [4.78, 5) is 12.1. The van der Waals surface area contributed by atoms with Crippen molar-refractivity contribution in [1.82, 2.24) is 15.0 Å². The zero-order valence-electron chi connectivity index (χ0n) is 8.03. The Hall–Kier alpha value is -1.08. The van der Waals surface area contributed by atoms with Gasteiger partial charge in [-0.2, -0.15) is 15.0 Å². The molecule has 0 aromatic carbocycles. The number of hydrogen-bond acceptors (Lipinski definition) is 7. The minimum absolute atomic E-state index is 0.232.